The number of aromatic nitrogens is 3. The number of carbonyl (C=O) groups excluding carboxylic acids is 1. The van der Waals surface area contributed by atoms with E-state index in [4.69, 9.17) is 22.3 Å². The van der Waals surface area contributed by atoms with Crippen LogP contribution in [0.3, 0.4) is 0 Å². The summed E-state index contributed by atoms with van der Waals surface area (Å²) in [7, 11) is 0. The summed E-state index contributed by atoms with van der Waals surface area (Å²) in [6, 6.07) is 10.5. The molecular weight excluding hydrogens is 500 g/mol. The topological polar surface area (TPSA) is 111 Å². The molecule has 5 rings (SSSR count). The Labute approximate surface area is 216 Å². The minimum atomic E-state index is -0.927. The molecule has 7 nitrogen and oxygen atoms in total. The first-order chi connectivity index (χ1) is 17.7. The van der Waals surface area contributed by atoms with Crippen molar-refractivity contribution in [2.24, 2.45) is 0 Å². The van der Waals surface area contributed by atoms with Gasteiger partial charge in [0, 0.05) is 29.4 Å². The molecule has 2 aromatic carbocycles. The number of H-pyrrole nitrogens is 1. The quantitative estimate of drug-likeness (QED) is 0.132. The number of aryl methyl sites for hydroxylation is 1. The Morgan fingerprint density at radius 2 is 1.97 bits per heavy atom. The molecule has 0 aliphatic carbocycles. The molecule has 0 unspecified atom stereocenters. The summed E-state index contributed by atoms with van der Waals surface area (Å²) >= 11 is 5.84. The minimum absolute atomic E-state index is 0.0731. The van der Waals surface area contributed by atoms with Crippen molar-refractivity contribution in [3.8, 4) is 22.4 Å². The molecule has 0 saturated heterocycles. The van der Waals surface area contributed by atoms with Gasteiger partial charge in [0.1, 0.15) is 17.6 Å². The van der Waals surface area contributed by atoms with Crippen LogP contribution in [-0.4, -0.2) is 15.9 Å². The average molecular weight is 524 g/mol. The summed E-state index contributed by atoms with van der Waals surface area (Å²) < 4.78 is 29.6. The van der Waals surface area contributed by atoms with Gasteiger partial charge in [-0.3, -0.25) is 4.79 Å². The number of halogens is 3. The molecule has 1 aliphatic rings. The number of amides is 1. The Morgan fingerprint density at radius 1 is 1.16 bits per heavy atom. The molecule has 0 saturated carbocycles. The molecule has 0 radical (unpaired) electrons. The van der Waals surface area contributed by atoms with Gasteiger partial charge in [0.2, 0.25) is 11.6 Å². The fraction of sp³-hybridized carbons (Fsp3) is 0.222. The summed E-state index contributed by atoms with van der Waals surface area (Å²) in [6.45, 7) is 1.86. The second-order valence-corrected chi connectivity index (χ2v) is 9.54. The largest absolute Gasteiger partial charge is 0.618 e. The molecule has 4 aromatic rings. The van der Waals surface area contributed by atoms with Crippen LogP contribution in [0.1, 0.15) is 48.8 Å². The van der Waals surface area contributed by atoms with Crippen molar-refractivity contribution < 1.29 is 18.3 Å². The fourth-order valence-electron chi connectivity index (χ4n) is 4.76. The van der Waals surface area contributed by atoms with Crippen LogP contribution >= 0.6 is 11.6 Å². The Hall–Kier alpha value is -3.98. The molecule has 37 heavy (non-hydrogen) atoms. The second kappa shape index (κ2) is 9.82. The zero-order valence-corrected chi connectivity index (χ0v) is 20.7. The Balaban J connectivity index is 1.60. The van der Waals surface area contributed by atoms with E-state index in [0.29, 0.717) is 64.6 Å². The predicted molar refractivity (Wildman–Crippen MR) is 138 cm³/mol. The Kier molecular flexibility index (Phi) is 6.55. The van der Waals surface area contributed by atoms with Crippen LogP contribution in [0.5, 0.6) is 0 Å². The number of aromatic amines is 1. The summed E-state index contributed by atoms with van der Waals surface area (Å²) in [6.07, 6.45) is 3.24. The number of benzene rings is 2. The van der Waals surface area contributed by atoms with Gasteiger partial charge in [0.25, 0.3) is 0 Å². The maximum Gasteiger partial charge on any atom is 0.224 e. The first-order valence-electron chi connectivity index (χ1n) is 11.9. The number of fused-ring (bicyclic) bond motifs is 4. The first kappa shape index (κ1) is 24.7. The van der Waals surface area contributed by atoms with Gasteiger partial charge in [-0.25, -0.2) is 13.8 Å². The lowest BCUT2D eigenvalue weighted by molar-refractivity contribution is -0.614. The maximum atomic E-state index is 14.6. The molecule has 4 N–H and O–H groups in total. The molecule has 1 atom stereocenters. The number of hydrogen-bond donors (Lipinski definition) is 3. The first-order valence-corrected chi connectivity index (χ1v) is 12.2. The lowest BCUT2D eigenvalue weighted by Gasteiger charge is -2.17. The van der Waals surface area contributed by atoms with Crippen LogP contribution in [0.4, 0.5) is 20.2 Å². The molecule has 190 valence electrons. The van der Waals surface area contributed by atoms with E-state index in [0.717, 1.165) is 24.0 Å². The zero-order chi connectivity index (χ0) is 26.3. The van der Waals surface area contributed by atoms with E-state index < -0.39 is 17.6 Å². The number of hydrogen-bond acceptors (Lipinski definition) is 4. The number of anilines is 2. The van der Waals surface area contributed by atoms with Crippen molar-refractivity contribution in [1.82, 2.24) is 9.97 Å². The van der Waals surface area contributed by atoms with E-state index >= 15 is 0 Å². The highest BCUT2D eigenvalue weighted by molar-refractivity contribution is 6.31. The van der Waals surface area contributed by atoms with Gasteiger partial charge >= 0.3 is 0 Å². The van der Waals surface area contributed by atoms with E-state index in [1.165, 1.54) is 6.07 Å². The SMILES string of the molecule is Cc1[nH]c2nc1-c1ccc(N)cc1NC(=O)CCCC[C@@H]2c1ccc(-c2c(F)ccc(Cl)c2F)c[n+]1[O-]. The molecule has 2 bridgehead atoms. The monoisotopic (exact) mass is 523 g/mol. The number of carbonyl (C=O) groups is 1. The molecule has 0 fully saturated rings. The van der Waals surface area contributed by atoms with E-state index in [1.807, 2.05) is 6.92 Å². The highest BCUT2D eigenvalue weighted by Gasteiger charge is 2.28. The van der Waals surface area contributed by atoms with Crippen LogP contribution in [0.2, 0.25) is 5.02 Å². The fourth-order valence-corrected chi connectivity index (χ4v) is 4.91. The van der Waals surface area contributed by atoms with Crippen molar-refractivity contribution in [3.63, 3.8) is 0 Å². The van der Waals surface area contributed by atoms with Gasteiger partial charge in [-0.1, -0.05) is 18.0 Å². The highest BCUT2D eigenvalue weighted by atomic mass is 35.5. The second-order valence-electron chi connectivity index (χ2n) is 9.13. The van der Waals surface area contributed by atoms with E-state index in [1.54, 1.807) is 24.3 Å². The summed E-state index contributed by atoms with van der Waals surface area (Å²) in [5, 5.41) is 15.9. The summed E-state index contributed by atoms with van der Waals surface area (Å²) in [5.74, 6) is -1.73. The summed E-state index contributed by atoms with van der Waals surface area (Å²) in [4.78, 5) is 20.7. The number of nitrogens with one attached hydrogen (secondary N) is 2. The lowest BCUT2D eigenvalue weighted by atomic mass is 9.95. The third-order valence-corrected chi connectivity index (χ3v) is 6.88. The third kappa shape index (κ3) is 4.74. The maximum absolute atomic E-state index is 14.6. The number of nitrogens with zero attached hydrogens (tertiary/aromatic N) is 2. The number of imidazole rings is 1. The van der Waals surface area contributed by atoms with E-state index in [9.17, 15) is 18.8 Å². The van der Waals surface area contributed by atoms with Gasteiger partial charge in [0.15, 0.2) is 12.0 Å². The average Bonchev–Trinajstić information content (AvgIpc) is 3.23. The molecule has 1 aliphatic heterocycles. The molecule has 10 heteroatoms. The van der Waals surface area contributed by atoms with Gasteiger partial charge in [-0.2, -0.15) is 4.73 Å². The zero-order valence-electron chi connectivity index (χ0n) is 19.9. The minimum Gasteiger partial charge on any atom is -0.618 e. The summed E-state index contributed by atoms with van der Waals surface area (Å²) in [5.41, 5.74) is 9.22. The van der Waals surface area contributed by atoms with E-state index in [-0.39, 0.29) is 22.1 Å². The van der Waals surface area contributed by atoms with Gasteiger partial charge in [-0.15, -0.1) is 0 Å². The van der Waals surface area contributed by atoms with Crippen LogP contribution in [0, 0.1) is 23.8 Å². The molecule has 3 heterocycles. The van der Waals surface area contributed by atoms with Gasteiger partial charge in [0.05, 0.1) is 27.5 Å². The molecule has 2 aromatic heterocycles. The van der Waals surface area contributed by atoms with Gasteiger partial charge < -0.3 is 21.2 Å². The standard InChI is InChI=1S/C27H24ClF2N5O2/c1-14-26-17-8-7-16(31)12-21(17)33-23(36)5-3-2-4-18(27(32-14)34-26)22-11-6-15(13-35(22)37)24-20(29)10-9-19(28)25(24)30/h6-13,18H,2-5,31H2,1H3,(H,32,34)(H,33,36)/t18-/m1/s1. The number of rotatable bonds is 2. The molecular formula is C27H24ClF2N5O2. The number of nitrogens with two attached hydrogens (primary N) is 1. The normalized spacial score (nSPS) is 15.9. The molecule has 1 amide bonds. The third-order valence-electron chi connectivity index (χ3n) is 6.59. The van der Waals surface area contributed by atoms with Crippen LogP contribution in [-0.2, 0) is 4.79 Å². The van der Waals surface area contributed by atoms with Crippen molar-refractivity contribution >= 4 is 28.9 Å². The van der Waals surface area contributed by atoms with Crippen molar-refractivity contribution in [1.29, 1.82) is 0 Å². The van der Waals surface area contributed by atoms with Crippen molar-refractivity contribution in [2.75, 3.05) is 11.1 Å². The van der Waals surface area contributed by atoms with Crippen LogP contribution in [0.15, 0.2) is 48.7 Å². The van der Waals surface area contributed by atoms with Crippen LogP contribution < -0.4 is 15.8 Å². The predicted octanol–water partition coefficient (Wildman–Crippen LogP) is 5.84. The Morgan fingerprint density at radius 3 is 2.76 bits per heavy atom. The Bertz CT molecular complexity index is 1520. The molecule has 0 spiro atoms. The number of pyridine rings is 1. The highest BCUT2D eigenvalue weighted by Crippen LogP contribution is 2.36. The van der Waals surface area contributed by atoms with Crippen molar-refractivity contribution in [3.05, 3.63) is 87.7 Å². The smallest absolute Gasteiger partial charge is 0.224 e. The lowest BCUT2D eigenvalue weighted by Crippen LogP contribution is -2.34. The van der Waals surface area contributed by atoms with Crippen LogP contribution in [0.25, 0.3) is 22.4 Å². The van der Waals surface area contributed by atoms with E-state index in [2.05, 4.69) is 10.3 Å². The number of nitrogen functional groups attached to an aromatic ring is 1. The van der Waals surface area contributed by atoms with Gasteiger partial charge in [-0.05, 0) is 56.2 Å². The van der Waals surface area contributed by atoms with Crippen molar-refractivity contribution in [2.45, 2.75) is 38.5 Å².